The molecule has 1 aliphatic rings. The number of ether oxygens (including phenoxy) is 1. The van der Waals surface area contributed by atoms with Gasteiger partial charge < -0.3 is 9.64 Å². The number of benzene rings is 2. The fourth-order valence-electron chi connectivity index (χ4n) is 3.41. The Bertz CT molecular complexity index is 859. The maximum atomic E-state index is 12.8. The number of aryl methyl sites for hydroxylation is 1. The van der Waals surface area contributed by atoms with Gasteiger partial charge in [-0.2, -0.15) is 4.31 Å². The van der Waals surface area contributed by atoms with Crippen LogP contribution < -0.4 is 4.74 Å². The van der Waals surface area contributed by atoms with Crippen molar-refractivity contribution < 1.29 is 13.2 Å². The van der Waals surface area contributed by atoms with Crippen LogP contribution in [0.3, 0.4) is 0 Å². The van der Waals surface area contributed by atoms with Crippen molar-refractivity contribution in [3.8, 4) is 5.75 Å². The van der Waals surface area contributed by atoms with Crippen LogP contribution in [0, 0.1) is 6.92 Å². The van der Waals surface area contributed by atoms with E-state index in [-0.39, 0.29) is 5.75 Å². The molecule has 0 spiro atoms. The van der Waals surface area contributed by atoms with Gasteiger partial charge in [0.25, 0.3) is 0 Å². The molecule has 3 rings (SSSR count). The molecule has 0 radical (unpaired) electrons. The smallest absolute Gasteiger partial charge is 0.218 e. The van der Waals surface area contributed by atoms with Crippen LogP contribution in [-0.2, 0) is 22.2 Å². The lowest BCUT2D eigenvalue weighted by Gasteiger charge is -2.34. The quantitative estimate of drug-likeness (QED) is 0.732. The highest BCUT2D eigenvalue weighted by Gasteiger charge is 2.27. The molecule has 27 heavy (non-hydrogen) atoms. The van der Waals surface area contributed by atoms with E-state index in [2.05, 4.69) is 17.0 Å². The number of piperazine rings is 1. The fourth-order valence-corrected chi connectivity index (χ4v) is 5.03. The fraction of sp³-hybridized carbons (Fsp3) is 0.429. The molecule has 2 aromatic rings. The molecule has 0 aliphatic carbocycles. The lowest BCUT2D eigenvalue weighted by Crippen LogP contribution is -2.49. The van der Waals surface area contributed by atoms with Crippen molar-refractivity contribution in [1.29, 1.82) is 0 Å². The number of hydrogen-bond acceptors (Lipinski definition) is 4. The van der Waals surface area contributed by atoms with E-state index >= 15 is 0 Å². The highest BCUT2D eigenvalue weighted by molar-refractivity contribution is 7.88. The lowest BCUT2D eigenvalue weighted by atomic mass is 10.1. The highest BCUT2D eigenvalue weighted by Crippen LogP contribution is 2.17. The summed E-state index contributed by atoms with van der Waals surface area (Å²) in [6.45, 7) is 5.56. The number of rotatable bonds is 7. The van der Waals surface area contributed by atoms with Gasteiger partial charge in [0.05, 0.1) is 12.9 Å². The molecule has 0 amide bonds. The third kappa shape index (κ3) is 5.31. The summed E-state index contributed by atoms with van der Waals surface area (Å²) >= 11 is 0. The zero-order valence-electron chi connectivity index (χ0n) is 16.1. The highest BCUT2D eigenvalue weighted by atomic mass is 32.2. The number of methoxy groups -OCH3 is 1. The van der Waals surface area contributed by atoms with Crippen LogP contribution in [0.2, 0.25) is 0 Å². The second-order valence-corrected chi connectivity index (χ2v) is 8.99. The minimum absolute atomic E-state index is 0.0868. The van der Waals surface area contributed by atoms with Crippen LogP contribution in [0.25, 0.3) is 0 Å². The van der Waals surface area contributed by atoms with Gasteiger partial charge in [-0.05, 0) is 42.2 Å². The Morgan fingerprint density at radius 2 is 1.74 bits per heavy atom. The summed E-state index contributed by atoms with van der Waals surface area (Å²) in [4.78, 5) is 2.33. The van der Waals surface area contributed by atoms with E-state index in [4.69, 9.17) is 4.74 Å². The molecule has 0 N–H and O–H groups in total. The van der Waals surface area contributed by atoms with Crippen molar-refractivity contribution >= 4 is 10.0 Å². The molecule has 1 saturated heterocycles. The molecule has 0 saturated carbocycles. The Morgan fingerprint density at radius 1 is 1.00 bits per heavy atom. The minimum Gasteiger partial charge on any atom is -0.497 e. The standard InChI is InChI=1S/C21H28N2O3S/c1-18-6-3-4-8-20(18)17-27(24,25)23-14-12-22(13-15-23)11-10-19-7-5-9-21(16-19)26-2/h3-9,16H,10-15,17H2,1-2H3. The van der Waals surface area contributed by atoms with Gasteiger partial charge >= 0.3 is 0 Å². The zero-order chi connectivity index (χ0) is 19.3. The van der Waals surface area contributed by atoms with E-state index in [0.717, 1.165) is 42.9 Å². The monoisotopic (exact) mass is 388 g/mol. The zero-order valence-corrected chi connectivity index (χ0v) is 16.9. The number of sulfonamides is 1. The predicted octanol–water partition coefficient (Wildman–Crippen LogP) is 2.69. The van der Waals surface area contributed by atoms with Crippen molar-refractivity contribution in [2.45, 2.75) is 19.1 Å². The first kappa shape index (κ1) is 19.9. The van der Waals surface area contributed by atoms with Crippen LogP contribution in [0.15, 0.2) is 48.5 Å². The van der Waals surface area contributed by atoms with E-state index in [0.29, 0.717) is 13.1 Å². The molecule has 146 valence electrons. The number of hydrogen-bond donors (Lipinski definition) is 0. The largest absolute Gasteiger partial charge is 0.497 e. The number of nitrogens with zero attached hydrogens (tertiary/aromatic N) is 2. The van der Waals surface area contributed by atoms with Crippen LogP contribution in [0.1, 0.15) is 16.7 Å². The molecule has 0 bridgehead atoms. The van der Waals surface area contributed by atoms with Gasteiger partial charge in [0.2, 0.25) is 10.0 Å². The van der Waals surface area contributed by atoms with Gasteiger partial charge in [-0.25, -0.2) is 8.42 Å². The summed E-state index contributed by atoms with van der Waals surface area (Å²) in [7, 11) is -1.59. The Balaban J connectivity index is 1.51. The van der Waals surface area contributed by atoms with Crippen LogP contribution in [0.4, 0.5) is 0 Å². The van der Waals surface area contributed by atoms with E-state index in [1.165, 1.54) is 5.56 Å². The van der Waals surface area contributed by atoms with Gasteiger partial charge in [0, 0.05) is 32.7 Å². The molecule has 5 nitrogen and oxygen atoms in total. The molecule has 1 aliphatic heterocycles. The summed E-state index contributed by atoms with van der Waals surface area (Å²) in [6.07, 6.45) is 0.938. The molecular formula is C21H28N2O3S. The topological polar surface area (TPSA) is 49.9 Å². The van der Waals surface area contributed by atoms with Crippen molar-refractivity contribution in [2.24, 2.45) is 0 Å². The van der Waals surface area contributed by atoms with Crippen LogP contribution in [0.5, 0.6) is 5.75 Å². The summed E-state index contributed by atoms with van der Waals surface area (Å²) in [5.41, 5.74) is 3.15. The van der Waals surface area contributed by atoms with E-state index in [1.807, 2.05) is 43.3 Å². The molecule has 0 aromatic heterocycles. The van der Waals surface area contributed by atoms with Gasteiger partial charge in [-0.1, -0.05) is 36.4 Å². The van der Waals surface area contributed by atoms with E-state index in [1.54, 1.807) is 11.4 Å². The maximum Gasteiger partial charge on any atom is 0.218 e. The second kappa shape index (κ2) is 8.87. The molecule has 0 unspecified atom stereocenters. The molecular weight excluding hydrogens is 360 g/mol. The molecule has 1 fully saturated rings. The van der Waals surface area contributed by atoms with E-state index < -0.39 is 10.0 Å². The van der Waals surface area contributed by atoms with Gasteiger partial charge in [-0.3, -0.25) is 0 Å². The lowest BCUT2D eigenvalue weighted by molar-refractivity contribution is 0.190. The first-order valence-electron chi connectivity index (χ1n) is 9.35. The summed E-state index contributed by atoms with van der Waals surface area (Å²) in [5, 5.41) is 0. The van der Waals surface area contributed by atoms with Crippen LogP contribution >= 0.6 is 0 Å². The summed E-state index contributed by atoms with van der Waals surface area (Å²) < 4.78 is 32.4. The Labute approximate surface area is 162 Å². The minimum atomic E-state index is -3.27. The Hall–Kier alpha value is -1.89. The molecule has 0 atom stereocenters. The normalized spacial score (nSPS) is 16.4. The predicted molar refractivity (Wildman–Crippen MR) is 109 cm³/mol. The van der Waals surface area contributed by atoms with Gasteiger partial charge in [0.1, 0.15) is 5.75 Å². The third-order valence-corrected chi connectivity index (χ3v) is 7.00. The van der Waals surface area contributed by atoms with Crippen molar-refractivity contribution in [1.82, 2.24) is 9.21 Å². The van der Waals surface area contributed by atoms with Gasteiger partial charge in [-0.15, -0.1) is 0 Å². The van der Waals surface area contributed by atoms with Gasteiger partial charge in [0.15, 0.2) is 0 Å². The molecule has 1 heterocycles. The maximum absolute atomic E-state index is 12.8. The van der Waals surface area contributed by atoms with Crippen molar-refractivity contribution in [3.63, 3.8) is 0 Å². The summed E-state index contributed by atoms with van der Waals surface area (Å²) in [6, 6.07) is 15.8. The average molecular weight is 389 g/mol. The Morgan fingerprint density at radius 3 is 2.44 bits per heavy atom. The SMILES string of the molecule is COc1cccc(CCN2CCN(S(=O)(=O)Cc3ccccc3C)CC2)c1. The van der Waals surface area contributed by atoms with Crippen LogP contribution in [-0.4, -0.2) is 57.5 Å². The molecule has 2 aromatic carbocycles. The van der Waals surface area contributed by atoms with E-state index in [9.17, 15) is 8.42 Å². The third-order valence-electron chi connectivity index (χ3n) is 5.17. The first-order valence-corrected chi connectivity index (χ1v) is 11.0. The second-order valence-electron chi connectivity index (χ2n) is 7.02. The molecule has 6 heteroatoms. The average Bonchev–Trinajstić information content (AvgIpc) is 2.68. The van der Waals surface area contributed by atoms with Crippen molar-refractivity contribution in [2.75, 3.05) is 39.8 Å². The summed E-state index contributed by atoms with van der Waals surface area (Å²) in [5.74, 6) is 0.961. The first-order chi connectivity index (χ1) is 13.0. The Kier molecular flexibility index (Phi) is 6.52. The van der Waals surface area contributed by atoms with Crippen molar-refractivity contribution in [3.05, 3.63) is 65.2 Å².